The average Bonchev–Trinajstić information content (AvgIpc) is 2.56. The number of ether oxygens (including phenoxy) is 1. The van der Waals surface area contributed by atoms with E-state index in [4.69, 9.17) is 4.74 Å². The van der Waals surface area contributed by atoms with Gasteiger partial charge >= 0.3 is 0 Å². The molecule has 2 rings (SSSR count). The molecule has 1 heteroatoms. The molecule has 0 aromatic heterocycles. The molecular weight excluding hydrogens is 256 g/mol. The third kappa shape index (κ3) is 4.93. The Labute approximate surface area is 129 Å². The summed E-state index contributed by atoms with van der Waals surface area (Å²) >= 11 is 0. The van der Waals surface area contributed by atoms with Gasteiger partial charge in [0.05, 0.1) is 6.61 Å². The van der Waals surface area contributed by atoms with Gasteiger partial charge in [0.15, 0.2) is 0 Å². The van der Waals surface area contributed by atoms with Gasteiger partial charge in [-0.15, -0.1) is 0 Å². The number of unbranched alkanes of at least 4 members (excludes halogenated alkanes) is 1. The lowest BCUT2D eigenvalue weighted by Crippen LogP contribution is -2.11. The highest BCUT2D eigenvalue weighted by Crippen LogP contribution is 2.23. The lowest BCUT2D eigenvalue weighted by atomic mass is 10.0. The van der Waals surface area contributed by atoms with Crippen LogP contribution in [-0.4, -0.2) is 6.61 Å². The van der Waals surface area contributed by atoms with Crippen LogP contribution in [0.5, 0.6) is 5.75 Å². The molecule has 0 saturated heterocycles. The van der Waals surface area contributed by atoms with Crippen LogP contribution in [0.4, 0.5) is 0 Å². The van der Waals surface area contributed by atoms with Crippen molar-refractivity contribution in [3.8, 4) is 16.9 Å². The largest absolute Gasteiger partial charge is 0.493 e. The van der Waals surface area contributed by atoms with Crippen LogP contribution in [0, 0.1) is 5.92 Å². The first-order chi connectivity index (χ1) is 10.3. The molecule has 0 fully saturated rings. The summed E-state index contributed by atoms with van der Waals surface area (Å²) in [5.41, 5.74) is 2.49. The van der Waals surface area contributed by atoms with Crippen molar-refractivity contribution in [2.24, 2.45) is 5.92 Å². The minimum absolute atomic E-state index is 0.679. The minimum atomic E-state index is 0.679. The maximum Gasteiger partial charge on any atom is 0.119 e. The Morgan fingerprint density at radius 1 is 0.857 bits per heavy atom. The second-order valence-electron chi connectivity index (χ2n) is 5.62. The van der Waals surface area contributed by atoms with Gasteiger partial charge in [-0.1, -0.05) is 75.6 Å². The lowest BCUT2D eigenvalue weighted by molar-refractivity contribution is 0.233. The van der Waals surface area contributed by atoms with Gasteiger partial charge in [0, 0.05) is 0 Å². The molecule has 0 N–H and O–H groups in total. The molecule has 21 heavy (non-hydrogen) atoms. The quantitative estimate of drug-likeness (QED) is 0.581. The Bertz CT molecular complexity index is 501. The van der Waals surface area contributed by atoms with Gasteiger partial charge in [0.25, 0.3) is 0 Å². The molecule has 2 aromatic rings. The van der Waals surface area contributed by atoms with E-state index >= 15 is 0 Å². The Morgan fingerprint density at radius 2 is 1.52 bits per heavy atom. The Balaban J connectivity index is 1.90. The Morgan fingerprint density at radius 3 is 2.14 bits per heavy atom. The van der Waals surface area contributed by atoms with Crippen molar-refractivity contribution in [3.05, 3.63) is 54.6 Å². The first-order valence-electron chi connectivity index (χ1n) is 8.11. The predicted molar refractivity (Wildman–Crippen MR) is 90.7 cm³/mol. The van der Waals surface area contributed by atoms with E-state index in [1.165, 1.54) is 36.8 Å². The van der Waals surface area contributed by atoms with Gasteiger partial charge in [-0.3, -0.25) is 0 Å². The zero-order valence-corrected chi connectivity index (χ0v) is 13.2. The van der Waals surface area contributed by atoms with E-state index in [1.54, 1.807) is 0 Å². The third-order valence-electron chi connectivity index (χ3n) is 3.99. The molecule has 0 amide bonds. The van der Waals surface area contributed by atoms with E-state index in [1.807, 2.05) is 6.07 Å². The van der Waals surface area contributed by atoms with Crippen LogP contribution < -0.4 is 4.74 Å². The molecule has 1 atom stereocenters. The third-order valence-corrected chi connectivity index (χ3v) is 3.99. The fourth-order valence-electron chi connectivity index (χ4n) is 2.49. The zero-order chi connectivity index (χ0) is 14.9. The van der Waals surface area contributed by atoms with Crippen molar-refractivity contribution in [3.63, 3.8) is 0 Å². The van der Waals surface area contributed by atoms with Crippen LogP contribution in [0.2, 0.25) is 0 Å². The van der Waals surface area contributed by atoms with E-state index in [9.17, 15) is 0 Å². The molecule has 0 heterocycles. The fourth-order valence-corrected chi connectivity index (χ4v) is 2.49. The molecule has 112 valence electrons. The Kier molecular flexibility index (Phi) is 6.33. The maximum absolute atomic E-state index is 5.95. The summed E-state index contributed by atoms with van der Waals surface area (Å²) in [5.74, 6) is 1.66. The summed E-state index contributed by atoms with van der Waals surface area (Å²) in [6.45, 7) is 5.33. The van der Waals surface area contributed by atoms with E-state index in [2.05, 4.69) is 62.4 Å². The Hall–Kier alpha value is -1.76. The van der Waals surface area contributed by atoms with Crippen LogP contribution in [-0.2, 0) is 0 Å². The number of benzene rings is 2. The topological polar surface area (TPSA) is 9.23 Å². The summed E-state index contributed by atoms with van der Waals surface area (Å²) in [7, 11) is 0. The molecular formula is C20H26O. The standard InChI is InChI=1S/C20H26O/c1-3-5-9-17(4-2)16-21-20-14-12-19(13-15-20)18-10-7-6-8-11-18/h6-8,10-15,17H,3-5,9,16H2,1-2H3. The highest BCUT2D eigenvalue weighted by molar-refractivity contribution is 5.63. The van der Waals surface area contributed by atoms with Crippen molar-refractivity contribution >= 4 is 0 Å². The molecule has 0 bridgehead atoms. The number of hydrogen-bond donors (Lipinski definition) is 0. The summed E-state index contributed by atoms with van der Waals surface area (Å²) in [6.07, 6.45) is 5.04. The molecule has 0 aliphatic rings. The van der Waals surface area contributed by atoms with E-state index < -0.39 is 0 Å². The van der Waals surface area contributed by atoms with E-state index in [0.717, 1.165) is 12.4 Å². The van der Waals surface area contributed by atoms with Gasteiger partial charge in [-0.25, -0.2) is 0 Å². The van der Waals surface area contributed by atoms with Crippen molar-refractivity contribution in [2.45, 2.75) is 39.5 Å². The molecule has 0 radical (unpaired) electrons. The van der Waals surface area contributed by atoms with Gasteiger partial charge in [-0.05, 0) is 35.6 Å². The van der Waals surface area contributed by atoms with Crippen molar-refractivity contribution < 1.29 is 4.74 Å². The van der Waals surface area contributed by atoms with Gasteiger partial charge in [-0.2, -0.15) is 0 Å². The van der Waals surface area contributed by atoms with Crippen molar-refractivity contribution in [1.29, 1.82) is 0 Å². The average molecular weight is 282 g/mol. The molecule has 0 aliphatic heterocycles. The lowest BCUT2D eigenvalue weighted by Gasteiger charge is -2.15. The van der Waals surface area contributed by atoms with Gasteiger partial charge < -0.3 is 4.74 Å². The predicted octanol–water partition coefficient (Wildman–Crippen LogP) is 5.95. The molecule has 1 unspecified atom stereocenters. The van der Waals surface area contributed by atoms with Crippen LogP contribution >= 0.6 is 0 Å². The van der Waals surface area contributed by atoms with E-state index in [-0.39, 0.29) is 0 Å². The smallest absolute Gasteiger partial charge is 0.119 e. The number of rotatable bonds is 8. The van der Waals surface area contributed by atoms with Crippen LogP contribution in [0.15, 0.2) is 54.6 Å². The molecule has 0 saturated carbocycles. The number of hydrogen-bond acceptors (Lipinski definition) is 1. The van der Waals surface area contributed by atoms with Crippen molar-refractivity contribution in [2.75, 3.05) is 6.61 Å². The summed E-state index contributed by atoms with van der Waals surface area (Å²) in [4.78, 5) is 0. The second-order valence-corrected chi connectivity index (χ2v) is 5.62. The van der Waals surface area contributed by atoms with Crippen LogP contribution in [0.1, 0.15) is 39.5 Å². The highest BCUT2D eigenvalue weighted by Gasteiger charge is 2.07. The maximum atomic E-state index is 5.95. The second kappa shape index (κ2) is 8.51. The summed E-state index contributed by atoms with van der Waals surface area (Å²) < 4.78 is 5.95. The minimum Gasteiger partial charge on any atom is -0.493 e. The zero-order valence-electron chi connectivity index (χ0n) is 13.2. The van der Waals surface area contributed by atoms with E-state index in [0.29, 0.717) is 5.92 Å². The van der Waals surface area contributed by atoms with Crippen LogP contribution in [0.3, 0.4) is 0 Å². The summed E-state index contributed by atoms with van der Waals surface area (Å²) in [5, 5.41) is 0. The normalized spacial score (nSPS) is 12.1. The fraction of sp³-hybridized carbons (Fsp3) is 0.400. The first-order valence-corrected chi connectivity index (χ1v) is 8.11. The van der Waals surface area contributed by atoms with Crippen molar-refractivity contribution in [1.82, 2.24) is 0 Å². The molecule has 1 nitrogen and oxygen atoms in total. The van der Waals surface area contributed by atoms with Gasteiger partial charge in [0.2, 0.25) is 0 Å². The molecule has 0 aliphatic carbocycles. The SMILES string of the molecule is CCCCC(CC)COc1ccc(-c2ccccc2)cc1. The summed E-state index contributed by atoms with van der Waals surface area (Å²) in [6, 6.07) is 18.9. The highest BCUT2D eigenvalue weighted by atomic mass is 16.5. The monoisotopic (exact) mass is 282 g/mol. The van der Waals surface area contributed by atoms with Gasteiger partial charge in [0.1, 0.15) is 5.75 Å². The first kappa shape index (κ1) is 15.6. The molecule has 2 aromatic carbocycles. The molecule has 0 spiro atoms. The van der Waals surface area contributed by atoms with Crippen LogP contribution in [0.25, 0.3) is 11.1 Å².